The Kier molecular flexibility index (Phi) is 5.91. The van der Waals surface area contributed by atoms with Crippen LogP contribution in [0.4, 0.5) is 0 Å². The lowest BCUT2D eigenvalue weighted by molar-refractivity contribution is 0.289. The smallest absolute Gasteiger partial charge is 0.0723 e. The molecule has 1 aromatic rings. The summed E-state index contributed by atoms with van der Waals surface area (Å²) in [5, 5.41) is 13.9. The molecule has 2 atom stereocenters. The van der Waals surface area contributed by atoms with Gasteiger partial charge in [0.1, 0.15) is 0 Å². The van der Waals surface area contributed by atoms with Crippen molar-refractivity contribution in [3.8, 4) is 0 Å². The number of aliphatic hydroxyl groups is 1. The van der Waals surface area contributed by atoms with Gasteiger partial charge < -0.3 is 5.11 Å². The van der Waals surface area contributed by atoms with Gasteiger partial charge in [-0.05, 0) is 25.8 Å². The van der Waals surface area contributed by atoms with Crippen molar-refractivity contribution >= 4 is 11.8 Å². The number of thioether (sulfide) groups is 1. The second-order valence-corrected chi connectivity index (χ2v) is 5.61. The van der Waals surface area contributed by atoms with Gasteiger partial charge in [-0.1, -0.05) is 13.8 Å². The van der Waals surface area contributed by atoms with Crippen LogP contribution in [0.15, 0.2) is 12.3 Å². The van der Waals surface area contributed by atoms with E-state index in [0.29, 0.717) is 11.3 Å². The van der Waals surface area contributed by atoms with Crippen LogP contribution in [-0.2, 0) is 5.75 Å². The molecule has 0 saturated carbocycles. The monoisotopic (exact) mass is 242 g/mol. The summed E-state index contributed by atoms with van der Waals surface area (Å²) >= 11 is 1.85. The van der Waals surface area contributed by atoms with Crippen LogP contribution >= 0.6 is 11.8 Å². The number of aliphatic hydroxyl groups excluding tert-OH is 1. The molecule has 0 aliphatic carbocycles. The zero-order chi connectivity index (χ0) is 12.0. The second kappa shape index (κ2) is 6.97. The highest BCUT2D eigenvalue weighted by Crippen LogP contribution is 2.19. The maximum absolute atomic E-state index is 8.81. The highest BCUT2D eigenvalue weighted by Gasteiger charge is 2.07. The molecule has 0 radical (unpaired) electrons. The Bertz CT molecular complexity index is 301. The first-order valence-electron chi connectivity index (χ1n) is 5.93. The number of nitrogens with zero attached hydrogens (tertiary/aromatic N) is 2. The number of hydrogen-bond acceptors (Lipinski definition) is 3. The molecular formula is C12H22N2OS. The van der Waals surface area contributed by atoms with Crippen LogP contribution in [0, 0.1) is 0 Å². The zero-order valence-electron chi connectivity index (χ0n) is 10.4. The largest absolute Gasteiger partial charge is 0.396 e. The topological polar surface area (TPSA) is 38.0 Å². The summed E-state index contributed by atoms with van der Waals surface area (Å²) in [6, 6.07) is 2.57. The molecule has 0 amide bonds. The van der Waals surface area contributed by atoms with Crippen molar-refractivity contribution in [3.05, 3.63) is 18.0 Å². The molecule has 0 spiro atoms. The van der Waals surface area contributed by atoms with Gasteiger partial charge in [-0.3, -0.25) is 4.68 Å². The van der Waals surface area contributed by atoms with Crippen molar-refractivity contribution in [2.24, 2.45) is 0 Å². The zero-order valence-corrected chi connectivity index (χ0v) is 11.2. The van der Waals surface area contributed by atoms with E-state index < -0.39 is 0 Å². The first kappa shape index (κ1) is 13.6. The van der Waals surface area contributed by atoms with E-state index in [-0.39, 0.29) is 6.61 Å². The minimum atomic E-state index is 0.273. The van der Waals surface area contributed by atoms with Crippen molar-refractivity contribution in [1.82, 2.24) is 9.78 Å². The molecule has 1 aromatic heterocycles. The molecule has 1 rings (SSSR count). The van der Waals surface area contributed by atoms with Crippen LogP contribution < -0.4 is 0 Å². The van der Waals surface area contributed by atoms with Gasteiger partial charge in [0.05, 0.1) is 5.69 Å². The minimum absolute atomic E-state index is 0.273. The lowest BCUT2D eigenvalue weighted by atomic mass is 10.3. The van der Waals surface area contributed by atoms with Gasteiger partial charge in [0.25, 0.3) is 0 Å². The Morgan fingerprint density at radius 1 is 1.50 bits per heavy atom. The van der Waals surface area contributed by atoms with Gasteiger partial charge in [0, 0.05) is 29.8 Å². The van der Waals surface area contributed by atoms with E-state index in [1.807, 2.05) is 16.4 Å². The average molecular weight is 242 g/mol. The normalized spacial score (nSPS) is 15.0. The Labute approximate surface area is 102 Å². The van der Waals surface area contributed by atoms with Gasteiger partial charge in [0.2, 0.25) is 0 Å². The molecule has 0 fully saturated rings. The molecule has 1 N–H and O–H groups in total. The fraction of sp³-hybridized carbons (Fsp3) is 0.750. The summed E-state index contributed by atoms with van der Waals surface area (Å²) in [5.74, 6) is 0.935. The number of aromatic nitrogens is 2. The highest BCUT2D eigenvalue weighted by molar-refractivity contribution is 7.99. The van der Waals surface area contributed by atoms with E-state index in [0.717, 1.165) is 24.3 Å². The summed E-state index contributed by atoms with van der Waals surface area (Å²) in [4.78, 5) is 0. The van der Waals surface area contributed by atoms with Crippen LogP contribution in [0.2, 0.25) is 0 Å². The van der Waals surface area contributed by atoms with E-state index in [9.17, 15) is 0 Å². The van der Waals surface area contributed by atoms with Crippen molar-refractivity contribution < 1.29 is 5.11 Å². The van der Waals surface area contributed by atoms with Gasteiger partial charge >= 0.3 is 0 Å². The van der Waals surface area contributed by atoms with E-state index in [2.05, 4.69) is 38.1 Å². The van der Waals surface area contributed by atoms with Crippen molar-refractivity contribution in [2.45, 2.75) is 50.7 Å². The molecule has 16 heavy (non-hydrogen) atoms. The summed E-state index contributed by atoms with van der Waals surface area (Å²) in [7, 11) is 0. The third kappa shape index (κ3) is 4.18. The quantitative estimate of drug-likeness (QED) is 0.799. The molecule has 1 heterocycles. The Morgan fingerprint density at radius 2 is 2.25 bits per heavy atom. The fourth-order valence-corrected chi connectivity index (χ4v) is 2.26. The fourth-order valence-electron chi connectivity index (χ4n) is 1.38. The Morgan fingerprint density at radius 3 is 2.88 bits per heavy atom. The second-order valence-electron chi connectivity index (χ2n) is 4.18. The van der Waals surface area contributed by atoms with Crippen LogP contribution in [-0.4, -0.2) is 26.7 Å². The molecule has 3 nitrogen and oxygen atoms in total. The standard InChI is InChI=1S/C12H22N2OS/c1-4-10(2)14-7-5-12(13-14)9-16-11(3)6-8-15/h5,7,10-11,15H,4,6,8-9H2,1-3H3. The molecule has 0 saturated heterocycles. The van der Waals surface area contributed by atoms with E-state index in [1.165, 1.54) is 0 Å². The summed E-state index contributed by atoms with van der Waals surface area (Å²) < 4.78 is 2.03. The lowest BCUT2D eigenvalue weighted by Gasteiger charge is -2.09. The van der Waals surface area contributed by atoms with Gasteiger partial charge in [-0.15, -0.1) is 0 Å². The molecule has 0 bridgehead atoms. The highest BCUT2D eigenvalue weighted by atomic mass is 32.2. The molecule has 4 heteroatoms. The van der Waals surface area contributed by atoms with Gasteiger partial charge in [-0.2, -0.15) is 16.9 Å². The molecule has 0 aliphatic rings. The first-order valence-corrected chi connectivity index (χ1v) is 6.98. The van der Waals surface area contributed by atoms with Crippen LogP contribution in [0.3, 0.4) is 0 Å². The number of rotatable bonds is 7. The SMILES string of the molecule is CCC(C)n1ccc(CSC(C)CCO)n1. The van der Waals surface area contributed by atoms with Crippen LogP contribution in [0.1, 0.15) is 45.3 Å². The lowest BCUT2D eigenvalue weighted by Crippen LogP contribution is -2.05. The van der Waals surface area contributed by atoms with E-state index >= 15 is 0 Å². The predicted octanol–water partition coefficient (Wildman–Crippen LogP) is 2.86. The van der Waals surface area contributed by atoms with Gasteiger partial charge in [-0.25, -0.2) is 0 Å². The maximum Gasteiger partial charge on any atom is 0.0723 e. The third-order valence-electron chi connectivity index (χ3n) is 2.76. The van der Waals surface area contributed by atoms with Gasteiger partial charge in [0.15, 0.2) is 0 Å². The van der Waals surface area contributed by atoms with Crippen LogP contribution in [0.25, 0.3) is 0 Å². The molecule has 0 aromatic carbocycles. The molecular weight excluding hydrogens is 220 g/mol. The van der Waals surface area contributed by atoms with Crippen molar-refractivity contribution in [3.63, 3.8) is 0 Å². The van der Waals surface area contributed by atoms with Crippen molar-refractivity contribution in [2.75, 3.05) is 6.61 Å². The minimum Gasteiger partial charge on any atom is -0.396 e. The first-order chi connectivity index (χ1) is 7.67. The molecule has 0 aliphatic heterocycles. The van der Waals surface area contributed by atoms with E-state index in [4.69, 9.17) is 5.11 Å². The van der Waals surface area contributed by atoms with Crippen LogP contribution in [0.5, 0.6) is 0 Å². The third-order valence-corrected chi connectivity index (χ3v) is 4.02. The average Bonchev–Trinajstić information content (AvgIpc) is 2.74. The number of hydrogen-bond donors (Lipinski definition) is 1. The Balaban J connectivity index is 2.40. The maximum atomic E-state index is 8.81. The summed E-state index contributed by atoms with van der Waals surface area (Å²) in [6.45, 7) is 6.77. The summed E-state index contributed by atoms with van der Waals surface area (Å²) in [5.41, 5.74) is 1.13. The summed E-state index contributed by atoms with van der Waals surface area (Å²) in [6.07, 6.45) is 4.02. The molecule has 92 valence electrons. The van der Waals surface area contributed by atoms with E-state index in [1.54, 1.807) is 0 Å². The van der Waals surface area contributed by atoms with Crippen molar-refractivity contribution in [1.29, 1.82) is 0 Å². The predicted molar refractivity (Wildman–Crippen MR) is 69.7 cm³/mol. The Hall–Kier alpha value is -0.480. The molecule has 2 unspecified atom stereocenters.